The van der Waals surface area contributed by atoms with Gasteiger partial charge in [-0.3, -0.25) is 14.4 Å². The van der Waals surface area contributed by atoms with E-state index in [0.29, 0.717) is 136 Å². The zero-order valence-electron chi connectivity index (χ0n) is 40.2. The highest BCUT2D eigenvalue weighted by atomic mass is 16.6. The average molecular weight is 980 g/mol. The van der Waals surface area contributed by atoms with Crippen LogP contribution in [0, 0.1) is 5.92 Å². The molecule has 2 atom stereocenters. The molecule has 0 saturated carbocycles. The van der Waals surface area contributed by atoms with Crippen molar-refractivity contribution in [2.75, 3.05) is 144 Å². The maximum atomic E-state index is 13.5. The van der Waals surface area contributed by atoms with Crippen molar-refractivity contribution in [1.29, 1.82) is 0 Å². The van der Waals surface area contributed by atoms with Crippen molar-refractivity contribution in [3.63, 3.8) is 0 Å². The lowest BCUT2D eigenvalue weighted by Gasteiger charge is -2.25. The molecule has 2 aromatic rings. The Bertz CT molecular complexity index is 1760. The van der Waals surface area contributed by atoms with Crippen molar-refractivity contribution in [3.05, 3.63) is 64.3 Å². The van der Waals surface area contributed by atoms with Gasteiger partial charge < -0.3 is 78.9 Å². The zero-order chi connectivity index (χ0) is 50.2. The van der Waals surface area contributed by atoms with Crippen LogP contribution < -0.4 is 27.0 Å². The molecular formula is C45H73N9O15. The number of carbonyl (C=O) groups excluding carboxylic acids is 5. The Morgan fingerprint density at radius 3 is 1.64 bits per heavy atom. The first kappa shape index (κ1) is 59.7. The number of azide groups is 1. The molecule has 2 rings (SSSR count). The summed E-state index contributed by atoms with van der Waals surface area (Å²) < 4.78 is 55.6. The van der Waals surface area contributed by atoms with Crippen molar-refractivity contribution in [2.45, 2.75) is 51.7 Å². The molecule has 1 aromatic heterocycles. The smallest absolute Gasteiger partial charge is 0.339 e. The second-order valence-electron chi connectivity index (χ2n) is 15.2. The number of aromatic nitrogens is 1. The van der Waals surface area contributed by atoms with E-state index >= 15 is 0 Å². The Hall–Kier alpha value is -5.40. The molecular weight excluding hydrogens is 907 g/mol. The first-order valence-electron chi connectivity index (χ1n) is 23.0. The molecule has 6 N–H and O–H groups in total. The Labute approximate surface area is 403 Å². The monoisotopic (exact) mass is 980 g/mol. The highest BCUT2D eigenvalue weighted by molar-refractivity contribution is 5.98. The third-order valence-corrected chi connectivity index (χ3v) is 9.47. The minimum atomic E-state index is -0.995. The molecule has 0 aliphatic heterocycles. The molecule has 24 nitrogen and oxygen atoms in total. The van der Waals surface area contributed by atoms with Gasteiger partial charge in [-0.25, -0.2) is 9.59 Å². The van der Waals surface area contributed by atoms with Crippen molar-refractivity contribution in [2.24, 2.45) is 16.8 Å². The molecule has 1 heterocycles. The van der Waals surface area contributed by atoms with Crippen LogP contribution in [-0.4, -0.2) is 185 Å². The number of methoxy groups -OCH3 is 1. The quantitative estimate of drug-likeness (QED) is 0.0209. The summed E-state index contributed by atoms with van der Waals surface area (Å²) in [4.78, 5) is 65.5. The van der Waals surface area contributed by atoms with Crippen LogP contribution in [0.2, 0.25) is 0 Å². The van der Waals surface area contributed by atoms with E-state index in [4.69, 9.17) is 58.6 Å². The summed E-state index contributed by atoms with van der Waals surface area (Å²) in [6.45, 7) is 11.6. The summed E-state index contributed by atoms with van der Waals surface area (Å²) in [5, 5.41) is 14.2. The van der Waals surface area contributed by atoms with Crippen molar-refractivity contribution < 1.29 is 71.3 Å². The normalized spacial score (nSPS) is 11.9. The van der Waals surface area contributed by atoms with Crippen LogP contribution >= 0.6 is 0 Å². The number of hydrogen-bond donors (Lipinski definition) is 5. The fourth-order valence-corrected chi connectivity index (χ4v) is 5.92. The van der Waals surface area contributed by atoms with Gasteiger partial charge in [0.15, 0.2) is 0 Å². The molecule has 1 aromatic carbocycles. The highest BCUT2D eigenvalue weighted by Gasteiger charge is 2.29. The molecule has 5 amide bonds. The predicted octanol–water partition coefficient (Wildman–Crippen LogP) is 2.19. The number of urea groups is 1. The summed E-state index contributed by atoms with van der Waals surface area (Å²) in [6, 6.07) is 6.14. The molecule has 69 heavy (non-hydrogen) atoms. The largest absolute Gasteiger partial charge is 0.465 e. The Morgan fingerprint density at radius 1 is 0.681 bits per heavy atom. The topological polar surface area (TPSA) is 305 Å². The van der Waals surface area contributed by atoms with Crippen LogP contribution in [0.4, 0.5) is 10.5 Å². The van der Waals surface area contributed by atoms with Gasteiger partial charge in [0.2, 0.25) is 17.7 Å². The minimum Gasteiger partial charge on any atom is -0.465 e. The van der Waals surface area contributed by atoms with E-state index in [0.717, 1.165) is 5.56 Å². The van der Waals surface area contributed by atoms with Gasteiger partial charge in [-0.05, 0) is 48.1 Å². The molecule has 0 aliphatic rings. The van der Waals surface area contributed by atoms with Crippen LogP contribution in [0.15, 0.2) is 47.8 Å². The van der Waals surface area contributed by atoms with Crippen LogP contribution in [0.3, 0.4) is 0 Å². The number of nitrogens with zero attached hydrogens (tertiary/aromatic N) is 4. The van der Waals surface area contributed by atoms with Crippen LogP contribution in [-0.2, 0) is 68.3 Å². The fourth-order valence-electron chi connectivity index (χ4n) is 5.92. The van der Waals surface area contributed by atoms with Crippen LogP contribution in [0.1, 0.15) is 49.0 Å². The second kappa shape index (κ2) is 39.4. The Kier molecular flexibility index (Phi) is 34.1. The van der Waals surface area contributed by atoms with Gasteiger partial charge in [0.05, 0.1) is 132 Å². The number of carbonyl (C=O) groups is 5. The fraction of sp³-hybridized carbons (Fsp3) is 0.667. The number of primary amides is 1. The summed E-state index contributed by atoms with van der Waals surface area (Å²) >= 11 is 0. The van der Waals surface area contributed by atoms with Gasteiger partial charge in [-0.15, -0.1) is 0 Å². The van der Waals surface area contributed by atoms with Crippen molar-refractivity contribution in [1.82, 2.24) is 20.5 Å². The number of nitrogens with two attached hydrogens (primary N) is 1. The molecule has 0 aliphatic carbocycles. The minimum absolute atomic E-state index is 0.00336. The van der Waals surface area contributed by atoms with E-state index in [1.54, 1.807) is 44.4 Å². The maximum Gasteiger partial charge on any atom is 0.339 e. The molecule has 388 valence electrons. The van der Waals surface area contributed by atoms with E-state index in [9.17, 15) is 24.0 Å². The van der Waals surface area contributed by atoms with E-state index in [2.05, 4.69) is 31.3 Å². The molecule has 0 spiro atoms. The van der Waals surface area contributed by atoms with Gasteiger partial charge in [0.25, 0.3) is 0 Å². The van der Waals surface area contributed by atoms with Crippen LogP contribution in [0.25, 0.3) is 10.4 Å². The Balaban J connectivity index is 1.53. The SMILES string of the molecule is COC(=O)c1ccn(Cc2ccc(NC(=O)[C@H](CCCNC(N)=O)NC(=O)[C@@H](NC(=O)CCOCCOCCOCCOCCOCCOCCOCCOCCOCCN=[N+]=[N-])C(C)C)cc2)c1. The lowest BCUT2D eigenvalue weighted by molar-refractivity contribution is -0.132. The number of esters is 1. The number of hydrogen-bond acceptors (Lipinski definition) is 16. The van der Waals surface area contributed by atoms with Crippen LogP contribution in [0.5, 0.6) is 0 Å². The summed E-state index contributed by atoms with van der Waals surface area (Å²) in [6.07, 6.45) is 3.96. The van der Waals surface area contributed by atoms with Gasteiger partial charge >= 0.3 is 12.0 Å². The molecule has 0 radical (unpaired) electrons. The van der Waals surface area contributed by atoms with E-state index < -0.39 is 41.8 Å². The van der Waals surface area contributed by atoms with Gasteiger partial charge in [0.1, 0.15) is 12.1 Å². The molecule has 0 bridgehead atoms. The molecule has 0 saturated heterocycles. The van der Waals surface area contributed by atoms with Gasteiger partial charge in [-0.1, -0.05) is 31.1 Å². The molecule has 0 fully saturated rings. The Morgan fingerprint density at radius 2 is 1.17 bits per heavy atom. The lowest BCUT2D eigenvalue weighted by Crippen LogP contribution is -2.54. The first-order valence-corrected chi connectivity index (χ1v) is 23.0. The second-order valence-corrected chi connectivity index (χ2v) is 15.2. The van der Waals surface area contributed by atoms with Gasteiger partial charge in [0, 0.05) is 49.0 Å². The third-order valence-electron chi connectivity index (χ3n) is 9.47. The number of amides is 5. The number of rotatable bonds is 43. The predicted molar refractivity (Wildman–Crippen MR) is 251 cm³/mol. The van der Waals surface area contributed by atoms with E-state index in [-0.39, 0.29) is 38.5 Å². The zero-order valence-corrected chi connectivity index (χ0v) is 40.2. The number of anilines is 1. The first-order chi connectivity index (χ1) is 33.5. The van der Waals surface area contributed by atoms with Gasteiger partial charge in [-0.2, -0.15) is 0 Å². The maximum absolute atomic E-state index is 13.5. The molecule has 0 unspecified atom stereocenters. The van der Waals surface area contributed by atoms with Crippen molar-refractivity contribution in [3.8, 4) is 0 Å². The lowest BCUT2D eigenvalue weighted by atomic mass is 10.0. The third kappa shape index (κ3) is 30.7. The number of ether oxygens (including phenoxy) is 10. The summed E-state index contributed by atoms with van der Waals surface area (Å²) in [5.41, 5.74) is 15.2. The molecule has 24 heteroatoms. The number of nitrogens with one attached hydrogen (secondary N) is 4. The van der Waals surface area contributed by atoms with E-state index in [1.165, 1.54) is 7.11 Å². The van der Waals surface area contributed by atoms with E-state index in [1.807, 2.05) is 16.7 Å². The summed E-state index contributed by atoms with van der Waals surface area (Å²) in [5.74, 6) is -2.15. The van der Waals surface area contributed by atoms with Crippen molar-refractivity contribution >= 4 is 35.4 Å². The average Bonchev–Trinajstić information content (AvgIpc) is 3.80. The highest BCUT2D eigenvalue weighted by Crippen LogP contribution is 2.14. The summed E-state index contributed by atoms with van der Waals surface area (Å²) in [7, 11) is 1.32. The number of benzene rings is 1. The standard InChI is InChI=1S/C45H73N9O15/c1-35(2)41(43(57)51-39(5-4-12-48-45(46)59)42(56)50-38-8-6-36(7-9-38)33-54-14-10-37(34-54)44(58)60-3)52-40(55)11-15-61-17-19-63-21-23-65-25-27-67-29-31-69-32-30-68-28-26-66-24-22-64-20-18-62-16-13-49-53-47/h6-10,14,34-35,39,41H,4-5,11-13,15-33H2,1-3H3,(H,50,56)(H,51,57)(H,52,55)(H3,46,48,59)/t39-,41-/m0/s1.